The summed E-state index contributed by atoms with van der Waals surface area (Å²) < 4.78 is 10.8. The van der Waals surface area contributed by atoms with Gasteiger partial charge in [0, 0.05) is 31.3 Å². The van der Waals surface area contributed by atoms with Crippen molar-refractivity contribution in [2.24, 2.45) is 5.92 Å². The number of likely N-dealkylation sites (tertiary alicyclic amines) is 1. The molecular formula is C22H29N3O3. The molecule has 6 heteroatoms. The van der Waals surface area contributed by atoms with E-state index in [0.717, 1.165) is 55.2 Å². The Balaban J connectivity index is 1.64. The molecule has 0 spiro atoms. The Morgan fingerprint density at radius 3 is 2.61 bits per heavy atom. The molecule has 2 aromatic rings. The van der Waals surface area contributed by atoms with Gasteiger partial charge in [-0.1, -0.05) is 12.1 Å². The van der Waals surface area contributed by atoms with Crippen LogP contribution in [0.2, 0.25) is 0 Å². The molecule has 2 heterocycles. The second-order valence-electron chi connectivity index (χ2n) is 7.22. The highest BCUT2D eigenvalue weighted by Gasteiger charge is 2.29. The summed E-state index contributed by atoms with van der Waals surface area (Å²) in [5.74, 6) is 2.02. The molecule has 1 aliphatic heterocycles. The lowest BCUT2D eigenvalue weighted by atomic mass is 9.87. The Kier molecular flexibility index (Phi) is 6.87. The minimum atomic E-state index is -0.0311. The van der Waals surface area contributed by atoms with Crippen molar-refractivity contribution in [1.29, 1.82) is 0 Å². The van der Waals surface area contributed by atoms with Crippen LogP contribution >= 0.6 is 0 Å². The highest BCUT2D eigenvalue weighted by Crippen LogP contribution is 2.32. The summed E-state index contributed by atoms with van der Waals surface area (Å²) in [6.45, 7) is 4.36. The molecule has 1 saturated heterocycles. The van der Waals surface area contributed by atoms with Crippen LogP contribution in [0.15, 0.2) is 42.6 Å². The molecule has 0 aliphatic carbocycles. The van der Waals surface area contributed by atoms with Gasteiger partial charge in [-0.3, -0.25) is 14.7 Å². The number of amides is 1. The first kappa shape index (κ1) is 20.1. The van der Waals surface area contributed by atoms with Crippen molar-refractivity contribution in [2.75, 3.05) is 27.3 Å². The first-order valence-corrected chi connectivity index (χ1v) is 9.72. The first-order chi connectivity index (χ1) is 13.6. The molecule has 1 aliphatic rings. The van der Waals surface area contributed by atoms with Gasteiger partial charge in [-0.25, -0.2) is 0 Å². The second-order valence-corrected chi connectivity index (χ2v) is 7.22. The van der Waals surface area contributed by atoms with E-state index in [1.165, 1.54) is 0 Å². The number of methoxy groups -OCH3 is 2. The van der Waals surface area contributed by atoms with Crippen molar-refractivity contribution in [1.82, 2.24) is 15.2 Å². The number of nitrogens with zero attached hydrogens (tertiary/aromatic N) is 2. The highest BCUT2D eigenvalue weighted by atomic mass is 16.5. The van der Waals surface area contributed by atoms with Gasteiger partial charge in [-0.05, 0) is 50.0 Å². The Morgan fingerprint density at radius 1 is 1.21 bits per heavy atom. The number of pyridine rings is 1. The summed E-state index contributed by atoms with van der Waals surface area (Å²) >= 11 is 0. The van der Waals surface area contributed by atoms with Crippen LogP contribution in [0.1, 0.15) is 37.1 Å². The number of ether oxygens (including phenoxy) is 2. The van der Waals surface area contributed by atoms with Crippen molar-refractivity contribution in [3.63, 3.8) is 0 Å². The van der Waals surface area contributed by atoms with Crippen LogP contribution in [0.5, 0.6) is 11.5 Å². The molecule has 1 fully saturated rings. The third-order valence-corrected chi connectivity index (χ3v) is 5.36. The summed E-state index contributed by atoms with van der Waals surface area (Å²) in [5, 5.41) is 3.11. The van der Waals surface area contributed by atoms with E-state index in [9.17, 15) is 4.79 Å². The van der Waals surface area contributed by atoms with Crippen LogP contribution in [-0.4, -0.2) is 43.1 Å². The van der Waals surface area contributed by atoms with Crippen LogP contribution in [0.3, 0.4) is 0 Å². The van der Waals surface area contributed by atoms with Crippen molar-refractivity contribution in [3.8, 4) is 11.5 Å². The van der Waals surface area contributed by atoms with E-state index in [4.69, 9.17) is 9.47 Å². The maximum Gasteiger partial charge on any atom is 0.217 e. The number of carbonyl (C=O) groups is 1. The number of piperidine rings is 1. The van der Waals surface area contributed by atoms with Crippen LogP contribution in [0.25, 0.3) is 0 Å². The van der Waals surface area contributed by atoms with Gasteiger partial charge in [0.25, 0.3) is 0 Å². The largest absolute Gasteiger partial charge is 0.497 e. The summed E-state index contributed by atoms with van der Waals surface area (Å²) in [6, 6.07) is 11.8. The van der Waals surface area contributed by atoms with E-state index in [1.54, 1.807) is 27.3 Å². The predicted molar refractivity (Wildman–Crippen MR) is 108 cm³/mol. The van der Waals surface area contributed by atoms with Gasteiger partial charge >= 0.3 is 0 Å². The molecule has 1 N–H and O–H groups in total. The number of nitrogens with one attached hydrogen (secondary N) is 1. The smallest absolute Gasteiger partial charge is 0.217 e. The minimum absolute atomic E-state index is 0.0129. The molecule has 28 heavy (non-hydrogen) atoms. The van der Waals surface area contributed by atoms with Crippen molar-refractivity contribution in [3.05, 3.63) is 53.9 Å². The number of benzene rings is 1. The third kappa shape index (κ3) is 5.01. The van der Waals surface area contributed by atoms with Gasteiger partial charge in [-0.2, -0.15) is 0 Å². The molecule has 1 aromatic heterocycles. The van der Waals surface area contributed by atoms with Crippen LogP contribution < -0.4 is 14.8 Å². The fraction of sp³-hybridized carbons (Fsp3) is 0.455. The highest BCUT2D eigenvalue weighted by molar-refractivity contribution is 5.73. The number of carbonyl (C=O) groups excluding carboxylic acids is 1. The van der Waals surface area contributed by atoms with Crippen LogP contribution in [-0.2, 0) is 11.3 Å². The summed E-state index contributed by atoms with van der Waals surface area (Å²) in [7, 11) is 3.35. The van der Waals surface area contributed by atoms with E-state index >= 15 is 0 Å². The molecule has 3 rings (SSSR count). The molecule has 1 aromatic carbocycles. The summed E-state index contributed by atoms with van der Waals surface area (Å²) in [4.78, 5) is 18.6. The maximum atomic E-state index is 11.7. The zero-order valence-electron chi connectivity index (χ0n) is 16.9. The number of hydrogen-bond acceptors (Lipinski definition) is 5. The average Bonchev–Trinajstić information content (AvgIpc) is 2.73. The summed E-state index contributed by atoms with van der Waals surface area (Å²) in [6.07, 6.45) is 3.81. The number of hydrogen-bond donors (Lipinski definition) is 1. The Bertz CT molecular complexity index is 774. The number of rotatable bonds is 7. The van der Waals surface area contributed by atoms with E-state index in [-0.39, 0.29) is 11.9 Å². The van der Waals surface area contributed by atoms with Gasteiger partial charge in [0.05, 0.1) is 26.0 Å². The number of aromatic nitrogens is 1. The zero-order chi connectivity index (χ0) is 19.9. The lowest BCUT2D eigenvalue weighted by Gasteiger charge is -2.36. The topological polar surface area (TPSA) is 63.7 Å². The Morgan fingerprint density at radius 2 is 2.00 bits per heavy atom. The average molecular weight is 383 g/mol. The predicted octanol–water partition coefficient (Wildman–Crippen LogP) is 3.19. The first-order valence-electron chi connectivity index (χ1n) is 9.72. The molecule has 1 amide bonds. The molecule has 1 atom stereocenters. The van der Waals surface area contributed by atoms with Crippen molar-refractivity contribution in [2.45, 2.75) is 32.4 Å². The van der Waals surface area contributed by atoms with Crippen LogP contribution in [0.4, 0.5) is 0 Å². The molecule has 150 valence electrons. The molecule has 0 bridgehead atoms. The zero-order valence-corrected chi connectivity index (χ0v) is 16.9. The summed E-state index contributed by atoms with van der Waals surface area (Å²) in [5.41, 5.74) is 2.10. The fourth-order valence-electron chi connectivity index (χ4n) is 3.88. The van der Waals surface area contributed by atoms with E-state index in [1.807, 2.05) is 30.3 Å². The molecule has 0 saturated carbocycles. The van der Waals surface area contributed by atoms with Gasteiger partial charge in [-0.15, -0.1) is 0 Å². The SMILES string of the molecule is COc1ccc(CN2CCC([C@H](NC(C)=O)c3ccccn3)CC2)c(OC)c1. The third-order valence-electron chi connectivity index (χ3n) is 5.36. The van der Waals surface area contributed by atoms with Crippen molar-refractivity contribution < 1.29 is 14.3 Å². The van der Waals surface area contributed by atoms with Gasteiger partial charge in [0.2, 0.25) is 5.91 Å². The van der Waals surface area contributed by atoms with Gasteiger partial charge in [0.1, 0.15) is 11.5 Å². The normalized spacial score (nSPS) is 16.4. The van der Waals surface area contributed by atoms with E-state index < -0.39 is 0 Å². The molecule has 0 unspecified atom stereocenters. The van der Waals surface area contributed by atoms with Gasteiger partial charge in [0.15, 0.2) is 0 Å². The Labute approximate surface area is 166 Å². The maximum absolute atomic E-state index is 11.7. The minimum Gasteiger partial charge on any atom is -0.497 e. The standard InChI is InChI=1S/C22H29N3O3/c1-16(26)24-22(20-6-4-5-11-23-20)17-9-12-25(13-10-17)15-18-7-8-19(27-2)14-21(18)28-3/h4-8,11,14,17,22H,9-10,12-13,15H2,1-3H3,(H,24,26)/t22-/m0/s1. The van der Waals surface area contributed by atoms with E-state index in [2.05, 4.69) is 21.3 Å². The lowest BCUT2D eigenvalue weighted by Crippen LogP contribution is -2.40. The van der Waals surface area contributed by atoms with E-state index in [0.29, 0.717) is 5.92 Å². The van der Waals surface area contributed by atoms with Gasteiger partial charge < -0.3 is 14.8 Å². The second kappa shape index (κ2) is 9.55. The molecule has 0 radical (unpaired) electrons. The lowest BCUT2D eigenvalue weighted by molar-refractivity contribution is -0.120. The Hall–Kier alpha value is -2.60. The molecular weight excluding hydrogens is 354 g/mol. The monoisotopic (exact) mass is 383 g/mol. The van der Waals surface area contributed by atoms with Crippen molar-refractivity contribution >= 4 is 5.91 Å². The fourth-order valence-corrected chi connectivity index (χ4v) is 3.88. The quantitative estimate of drug-likeness (QED) is 0.796. The van der Waals surface area contributed by atoms with Crippen LogP contribution in [0, 0.1) is 5.92 Å². The molecule has 6 nitrogen and oxygen atoms in total.